The minimum absolute atomic E-state index is 0.149. The van der Waals surface area contributed by atoms with Gasteiger partial charge in [0.1, 0.15) is 0 Å². The topological polar surface area (TPSA) is 52.6 Å². The van der Waals surface area contributed by atoms with Crippen LogP contribution in [0.1, 0.15) is 45.4 Å². The summed E-state index contributed by atoms with van der Waals surface area (Å²) in [5, 5.41) is 1.28. The Morgan fingerprint density at radius 3 is 2.15 bits per heavy atom. The van der Waals surface area contributed by atoms with Gasteiger partial charge in [-0.2, -0.15) is 0 Å². The number of hydrogen-bond donors (Lipinski definition) is 0. The molecule has 0 radical (unpaired) electrons. The zero-order valence-corrected chi connectivity index (χ0v) is 15.2. The van der Waals surface area contributed by atoms with E-state index in [0.717, 1.165) is 25.7 Å². The molecule has 0 heterocycles. The minimum atomic E-state index is -0.155. The van der Waals surface area contributed by atoms with Crippen LogP contribution in [0, 0.1) is 5.92 Å². The monoisotopic (exact) mass is 414 g/mol. The second kappa shape index (κ2) is 13.9. The fraction of sp³-hybridized carbons (Fsp3) is 0.857. The number of carbonyl (C=O) groups is 2. The van der Waals surface area contributed by atoms with Crippen LogP contribution in [0.2, 0.25) is 0 Å². The molecule has 0 aliphatic rings. The van der Waals surface area contributed by atoms with E-state index in [1.54, 1.807) is 0 Å². The van der Waals surface area contributed by atoms with E-state index in [9.17, 15) is 9.59 Å². The van der Waals surface area contributed by atoms with E-state index in [-0.39, 0.29) is 11.9 Å². The number of carbonyl (C=O) groups excluding carboxylic acids is 2. The highest BCUT2D eigenvalue weighted by Crippen LogP contribution is 2.13. The molecule has 0 aromatic heterocycles. The fourth-order valence-electron chi connectivity index (χ4n) is 1.64. The molecule has 0 N–H and O–H groups in total. The average Bonchev–Trinajstić information content (AvgIpc) is 2.42. The van der Waals surface area contributed by atoms with Gasteiger partial charge in [0, 0.05) is 10.7 Å². The quantitative estimate of drug-likeness (QED) is 0.276. The molecule has 6 heteroatoms. The molecule has 0 aliphatic heterocycles. The molecule has 0 saturated heterocycles. The van der Waals surface area contributed by atoms with Crippen molar-refractivity contribution in [1.82, 2.24) is 0 Å². The Balaban J connectivity index is 3.59. The summed E-state index contributed by atoms with van der Waals surface area (Å²) >= 11 is 6.41. The lowest BCUT2D eigenvalue weighted by Crippen LogP contribution is -2.14. The number of rotatable bonds is 12. The predicted octanol–water partition coefficient (Wildman–Crippen LogP) is 3.84. The Bertz CT molecular complexity index is 272. The van der Waals surface area contributed by atoms with Crippen LogP contribution in [0.3, 0.4) is 0 Å². The van der Waals surface area contributed by atoms with Crippen LogP contribution in [0.4, 0.5) is 0 Å². The Morgan fingerprint density at radius 1 is 1.00 bits per heavy atom. The first-order chi connectivity index (χ1) is 9.63. The Morgan fingerprint density at radius 2 is 1.60 bits per heavy atom. The highest BCUT2D eigenvalue weighted by atomic mass is 79.9. The molecule has 0 fully saturated rings. The molecule has 1 unspecified atom stereocenters. The number of unbranched alkanes of at least 4 members (excludes halogenated alkanes) is 1. The summed E-state index contributed by atoms with van der Waals surface area (Å²) < 4.78 is 10.3. The molecule has 20 heavy (non-hydrogen) atoms. The summed E-state index contributed by atoms with van der Waals surface area (Å²) in [5.41, 5.74) is 0. The third kappa shape index (κ3) is 11.7. The molecule has 0 rings (SSSR count). The summed E-state index contributed by atoms with van der Waals surface area (Å²) in [4.78, 5) is 22.4. The van der Waals surface area contributed by atoms with Gasteiger partial charge in [-0.3, -0.25) is 9.59 Å². The second-order valence-corrected chi connectivity index (χ2v) is 6.14. The van der Waals surface area contributed by atoms with Crippen molar-refractivity contribution in [3.63, 3.8) is 0 Å². The molecule has 1 atom stereocenters. The predicted molar refractivity (Wildman–Crippen MR) is 86.4 cm³/mol. The number of esters is 2. The van der Waals surface area contributed by atoms with Crippen molar-refractivity contribution in [2.24, 2.45) is 5.92 Å². The summed E-state index contributed by atoms with van der Waals surface area (Å²) in [7, 11) is 0. The van der Waals surface area contributed by atoms with Crippen molar-refractivity contribution in [2.75, 3.05) is 23.9 Å². The molecule has 0 aliphatic carbocycles. The van der Waals surface area contributed by atoms with Gasteiger partial charge in [0.15, 0.2) is 0 Å². The molecular weight excluding hydrogens is 392 g/mol. The van der Waals surface area contributed by atoms with E-state index in [0.29, 0.717) is 42.6 Å². The Labute approximate surface area is 138 Å². The third-order valence-electron chi connectivity index (χ3n) is 2.92. The van der Waals surface area contributed by atoms with Gasteiger partial charge in [-0.15, -0.1) is 0 Å². The normalized spacial score (nSPS) is 11.9. The number of halogens is 2. The number of hydrogen-bond acceptors (Lipinski definition) is 4. The lowest BCUT2D eigenvalue weighted by atomic mass is 10.0. The lowest BCUT2D eigenvalue weighted by Gasteiger charge is -2.14. The van der Waals surface area contributed by atoms with Gasteiger partial charge in [-0.1, -0.05) is 45.2 Å². The van der Waals surface area contributed by atoms with Crippen LogP contribution < -0.4 is 0 Å². The maximum absolute atomic E-state index is 11.3. The lowest BCUT2D eigenvalue weighted by molar-refractivity contribution is -0.145. The van der Waals surface area contributed by atoms with E-state index in [1.807, 2.05) is 0 Å². The second-order valence-electron chi connectivity index (χ2n) is 4.55. The molecule has 0 spiro atoms. The summed E-state index contributed by atoms with van der Waals surface area (Å²) in [5.74, 6) is 0.0918. The summed E-state index contributed by atoms with van der Waals surface area (Å²) in [6.45, 7) is 3.07. The number of alkyl halides is 2. The van der Waals surface area contributed by atoms with Crippen LogP contribution in [0.25, 0.3) is 0 Å². The van der Waals surface area contributed by atoms with E-state index in [4.69, 9.17) is 9.47 Å². The zero-order valence-electron chi connectivity index (χ0n) is 12.0. The molecule has 0 amide bonds. The molecule has 0 aromatic rings. The van der Waals surface area contributed by atoms with Crippen molar-refractivity contribution in [2.45, 2.75) is 45.4 Å². The van der Waals surface area contributed by atoms with E-state index in [1.165, 1.54) is 0 Å². The average molecular weight is 416 g/mol. The van der Waals surface area contributed by atoms with Crippen LogP contribution in [-0.2, 0) is 19.1 Å². The first-order valence-corrected chi connectivity index (χ1v) is 9.31. The summed E-state index contributed by atoms with van der Waals surface area (Å²) in [6.07, 6.45) is 4.66. The van der Waals surface area contributed by atoms with Gasteiger partial charge in [0.05, 0.1) is 26.1 Å². The van der Waals surface area contributed by atoms with E-state index < -0.39 is 0 Å². The first-order valence-electron chi connectivity index (χ1n) is 7.07. The molecule has 0 saturated carbocycles. The van der Waals surface area contributed by atoms with Crippen LogP contribution in [0.5, 0.6) is 0 Å². The highest BCUT2D eigenvalue weighted by molar-refractivity contribution is 9.09. The van der Waals surface area contributed by atoms with Gasteiger partial charge >= 0.3 is 11.9 Å². The van der Waals surface area contributed by atoms with Crippen LogP contribution in [0.15, 0.2) is 0 Å². The third-order valence-corrected chi connectivity index (χ3v) is 3.72. The zero-order chi connectivity index (χ0) is 15.2. The van der Waals surface area contributed by atoms with Gasteiger partial charge in [0.2, 0.25) is 0 Å². The van der Waals surface area contributed by atoms with E-state index >= 15 is 0 Å². The number of ether oxygens (including phenoxy) is 2. The van der Waals surface area contributed by atoms with Crippen molar-refractivity contribution in [3.05, 3.63) is 0 Å². The standard InChI is InChI=1S/C14H24Br2O4/c1-2-12(11-20-14(18)7-9-16)5-3-4-10-19-13(17)6-8-15/h12H,2-11H2,1H3. The smallest absolute Gasteiger partial charge is 0.306 e. The first kappa shape index (κ1) is 19.9. The van der Waals surface area contributed by atoms with Crippen LogP contribution >= 0.6 is 31.9 Å². The van der Waals surface area contributed by atoms with Gasteiger partial charge in [-0.25, -0.2) is 0 Å². The molecule has 118 valence electrons. The molecule has 0 bridgehead atoms. The Hall–Kier alpha value is -0.100. The summed E-state index contributed by atoms with van der Waals surface area (Å²) in [6, 6.07) is 0. The molecule has 0 aromatic carbocycles. The van der Waals surface area contributed by atoms with Gasteiger partial charge in [-0.05, 0) is 25.2 Å². The fourth-order valence-corrected chi connectivity index (χ4v) is 2.28. The highest BCUT2D eigenvalue weighted by Gasteiger charge is 2.10. The van der Waals surface area contributed by atoms with Crippen molar-refractivity contribution in [3.8, 4) is 0 Å². The van der Waals surface area contributed by atoms with Gasteiger partial charge < -0.3 is 9.47 Å². The Kier molecular flexibility index (Phi) is 13.8. The van der Waals surface area contributed by atoms with Crippen molar-refractivity contribution >= 4 is 43.8 Å². The van der Waals surface area contributed by atoms with Gasteiger partial charge in [0.25, 0.3) is 0 Å². The maximum Gasteiger partial charge on any atom is 0.306 e. The van der Waals surface area contributed by atoms with Crippen LogP contribution in [-0.4, -0.2) is 35.8 Å². The minimum Gasteiger partial charge on any atom is -0.466 e. The SMILES string of the molecule is CCC(CCCCOC(=O)CCBr)COC(=O)CCBr. The maximum atomic E-state index is 11.3. The largest absolute Gasteiger partial charge is 0.466 e. The van der Waals surface area contributed by atoms with Crippen molar-refractivity contribution < 1.29 is 19.1 Å². The molecular formula is C14H24Br2O4. The van der Waals surface area contributed by atoms with E-state index in [2.05, 4.69) is 38.8 Å². The molecule has 4 nitrogen and oxygen atoms in total. The van der Waals surface area contributed by atoms with Crippen molar-refractivity contribution in [1.29, 1.82) is 0 Å².